The van der Waals surface area contributed by atoms with Crippen molar-refractivity contribution in [2.24, 2.45) is 11.8 Å². The van der Waals surface area contributed by atoms with Crippen molar-refractivity contribution in [1.29, 1.82) is 0 Å². The predicted molar refractivity (Wildman–Crippen MR) is 125 cm³/mol. The number of nitrogens with zero attached hydrogens (tertiary/aromatic N) is 3. The van der Waals surface area contributed by atoms with Gasteiger partial charge in [0.25, 0.3) is 0 Å². The van der Waals surface area contributed by atoms with Crippen LogP contribution < -0.4 is 14.8 Å². The molecule has 1 aliphatic carbocycles. The third-order valence-electron chi connectivity index (χ3n) is 6.30. The number of pyridine rings is 1. The Balaban J connectivity index is 1.52. The number of ether oxygens (including phenoxy) is 3. The van der Waals surface area contributed by atoms with Gasteiger partial charge in [0.15, 0.2) is 0 Å². The molecular formula is C25H36N4O3. The zero-order valence-electron chi connectivity index (χ0n) is 19.5. The summed E-state index contributed by atoms with van der Waals surface area (Å²) in [5.41, 5.74) is 1.77. The minimum atomic E-state index is 0.0863. The highest BCUT2D eigenvalue weighted by molar-refractivity contribution is 5.68. The van der Waals surface area contributed by atoms with E-state index in [1.807, 2.05) is 32.2 Å². The van der Waals surface area contributed by atoms with E-state index >= 15 is 0 Å². The highest BCUT2D eigenvalue weighted by Gasteiger charge is 2.21. The molecule has 3 heterocycles. The average molecular weight is 441 g/mol. The molecule has 2 fully saturated rings. The lowest BCUT2D eigenvalue weighted by molar-refractivity contribution is 0.0491. The van der Waals surface area contributed by atoms with Crippen molar-refractivity contribution in [1.82, 2.24) is 15.0 Å². The third kappa shape index (κ3) is 6.31. The van der Waals surface area contributed by atoms with Crippen molar-refractivity contribution < 1.29 is 14.2 Å². The van der Waals surface area contributed by atoms with Crippen molar-refractivity contribution in [3.8, 4) is 22.9 Å². The monoisotopic (exact) mass is 440 g/mol. The molecule has 2 aromatic rings. The van der Waals surface area contributed by atoms with Gasteiger partial charge < -0.3 is 19.5 Å². The van der Waals surface area contributed by atoms with Crippen LogP contribution in [0.2, 0.25) is 0 Å². The Hall–Kier alpha value is -2.41. The van der Waals surface area contributed by atoms with Gasteiger partial charge in [0.1, 0.15) is 0 Å². The number of aromatic nitrogens is 3. The van der Waals surface area contributed by atoms with Crippen molar-refractivity contribution in [3.63, 3.8) is 0 Å². The van der Waals surface area contributed by atoms with Gasteiger partial charge >= 0.3 is 0 Å². The first-order chi connectivity index (χ1) is 15.6. The average Bonchev–Trinajstić information content (AvgIpc) is 2.80. The van der Waals surface area contributed by atoms with E-state index in [9.17, 15) is 0 Å². The summed E-state index contributed by atoms with van der Waals surface area (Å²) in [7, 11) is 0. The summed E-state index contributed by atoms with van der Waals surface area (Å²) in [6.07, 6.45) is 10.6. The van der Waals surface area contributed by atoms with Crippen LogP contribution in [-0.2, 0) is 4.74 Å². The SMILES string of the molecule is CC1CCC(Nc2ncc(-c3ccc(OC(C)C)nc3)c(OCC3CCOCC3)n2)CC1. The van der Waals surface area contributed by atoms with Crippen LogP contribution in [0.3, 0.4) is 0 Å². The van der Waals surface area contributed by atoms with E-state index in [2.05, 4.69) is 22.2 Å². The molecule has 2 aromatic heterocycles. The first kappa shape index (κ1) is 22.8. The molecule has 7 nitrogen and oxygen atoms in total. The van der Waals surface area contributed by atoms with Gasteiger partial charge in [-0.05, 0) is 70.3 Å². The van der Waals surface area contributed by atoms with E-state index < -0.39 is 0 Å². The second kappa shape index (κ2) is 10.9. The van der Waals surface area contributed by atoms with Crippen LogP contribution in [0, 0.1) is 11.8 Å². The summed E-state index contributed by atoms with van der Waals surface area (Å²) in [5.74, 6) is 3.16. The third-order valence-corrected chi connectivity index (χ3v) is 6.30. The Morgan fingerprint density at radius 3 is 2.50 bits per heavy atom. The van der Waals surface area contributed by atoms with Crippen LogP contribution in [0.5, 0.6) is 11.8 Å². The molecule has 1 aliphatic heterocycles. The standard InChI is InChI=1S/C25H36N4O3/c1-17(2)32-23-9-6-20(14-26-23)22-15-27-25(28-21-7-4-18(3)5-8-21)29-24(22)31-16-19-10-12-30-13-11-19/h6,9,14-15,17-19,21H,4-5,7-8,10-13,16H2,1-3H3,(H,27,28,29). The predicted octanol–water partition coefficient (Wildman–Crippen LogP) is 5.12. The van der Waals surface area contributed by atoms with E-state index in [1.54, 1.807) is 6.20 Å². The van der Waals surface area contributed by atoms with Crippen LogP contribution in [0.4, 0.5) is 5.95 Å². The smallest absolute Gasteiger partial charge is 0.226 e. The summed E-state index contributed by atoms with van der Waals surface area (Å²) in [4.78, 5) is 13.8. The quantitative estimate of drug-likeness (QED) is 0.610. The van der Waals surface area contributed by atoms with Crippen LogP contribution >= 0.6 is 0 Å². The highest BCUT2D eigenvalue weighted by atomic mass is 16.5. The summed E-state index contributed by atoms with van der Waals surface area (Å²) in [6, 6.07) is 4.29. The Labute approximate surface area is 191 Å². The summed E-state index contributed by atoms with van der Waals surface area (Å²) in [5, 5.41) is 3.53. The van der Waals surface area contributed by atoms with Crippen LogP contribution in [0.15, 0.2) is 24.5 Å². The molecule has 174 valence electrons. The van der Waals surface area contributed by atoms with E-state index in [0.29, 0.717) is 36.3 Å². The number of nitrogens with one attached hydrogen (secondary N) is 1. The first-order valence-corrected chi connectivity index (χ1v) is 12.0. The van der Waals surface area contributed by atoms with Gasteiger partial charge in [0, 0.05) is 43.3 Å². The van der Waals surface area contributed by atoms with Crippen LogP contribution in [0.1, 0.15) is 59.3 Å². The van der Waals surface area contributed by atoms with Gasteiger partial charge in [0.05, 0.1) is 18.3 Å². The van der Waals surface area contributed by atoms with Gasteiger partial charge in [-0.2, -0.15) is 4.98 Å². The molecule has 4 rings (SSSR count). The largest absolute Gasteiger partial charge is 0.477 e. The fourth-order valence-corrected chi connectivity index (χ4v) is 4.29. The van der Waals surface area contributed by atoms with Crippen molar-refractivity contribution in [3.05, 3.63) is 24.5 Å². The molecule has 0 spiro atoms. The normalized spacial score (nSPS) is 22.0. The Morgan fingerprint density at radius 1 is 1.03 bits per heavy atom. The maximum atomic E-state index is 6.27. The molecule has 2 aliphatic rings. The highest BCUT2D eigenvalue weighted by Crippen LogP contribution is 2.31. The molecule has 0 aromatic carbocycles. The Morgan fingerprint density at radius 2 is 1.81 bits per heavy atom. The number of hydrogen-bond acceptors (Lipinski definition) is 7. The molecule has 0 radical (unpaired) electrons. The molecule has 0 bridgehead atoms. The molecular weight excluding hydrogens is 404 g/mol. The summed E-state index contributed by atoms with van der Waals surface area (Å²) >= 11 is 0. The maximum Gasteiger partial charge on any atom is 0.226 e. The number of anilines is 1. The van der Waals surface area contributed by atoms with Crippen molar-refractivity contribution >= 4 is 5.95 Å². The van der Waals surface area contributed by atoms with Gasteiger partial charge in [-0.15, -0.1) is 0 Å². The fraction of sp³-hybridized carbons (Fsp3) is 0.640. The maximum absolute atomic E-state index is 6.27. The lowest BCUT2D eigenvalue weighted by atomic mass is 9.87. The van der Waals surface area contributed by atoms with Crippen LogP contribution in [0.25, 0.3) is 11.1 Å². The van der Waals surface area contributed by atoms with Crippen molar-refractivity contribution in [2.75, 3.05) is 25.1 Å². The lowest BCUT2D eigenvalue weighted by Crippen LogP contribution is -2.26. The molecule has 1 N–H and O–H groups in total. The minimum Gasteiger partial charge on any atom is -0.477 e. The summed E-state index contributed by atoms with van der Waals surface area (Å²) < 4.78 is 17.4. The fourth-order valence-electron chi connectivity index (χ4n) is 4.29. The van der Waals surface area contributed by atoms with E-state index in [4.69, 9.17) is 19.2 Å². The van der Waals surface area contributed by atoms with Gasteiger partial charge in [-0.1, -0.05) is 6.92 Å². The van der Waals surface area contributed by atoms with E-state index in [-0.39, 0.29) is 6.10 Å². The zero-order chi connectivity index (χ0) is 22.3. The lowest BCUT2D eigenvalue weighted by Gasteiger charge is -2.27. The van der Waals surface area contributed by atoms with Gasteiger partial charge in [0.2, 0.25) is 17.7 Å². The number of rotatable bonds is 8. The minimum absolute atomic E-state index is 0.0863. The molecule has 32 heavy (non-hydrogen) atoms. The van der Waals surface area contributed by atoms with E-state index in [1.165, 1.54) is 12.8 Å². The summed E-state index contributed by atoms with van der Waals surface area (Å²) in [6.45, 7) is 8.55. The molecule has 0 unspecified atom stereocenters. The topological polar surface area (TPSA) is 78.4 Å². The molecule has 0 atom stereocenters. The first-order valence-electron chi connectivity index (χ1n) is 12.0. The number of hydrogen-bond donors (Lipinski definition) is 1. The molecule has 1 saturated carbocycles. The van der Waals surface area contributed by atoms with Crippen LogP contribution in [-0.4, -0.2) is 46.9 Å². The second-order valence-corrected chi connectivity index (χ2v) is 9.43. The molecule has 1 saturated heterocycles. The Bertz CT molecular complexity index is 845. The van der Waals surface area contributed by atoms with E-state index in [0.717, 1.165) is 55.9 Å². The van der Waals surface area contributed by atoms with Gasteiger partial charge in [-0.25, -0.2) is 9.97 Å². The zero-order valence-corrected chi connectivity index (χ0v) is 19.5. The Kier molecular flexibility index (Phi) is 7.79. The molecule has 0 amide bonds. The molecule has 7 heteroatoms. The van der Waals surface area contributed by atoms with Crippen molar-refractivity contribution in [2.45, 2.75) is 71.4 Å². The van der Waals surface area contributed by atoms with Gasteiger partial charge in [-0.3, -0.25) is 0 Å². The second-order valence-electron chi connectivity index (χ2n) is 9.43.